The highest BCUT2D eigenvalue weighted by molar-refractivity contribution is 4.99. The maximum absolute atomic E-state index is 9.90. The molecule has 21 heavy (non-hydrogen) atoms. The lowest BCUT2D eigenvalue weighted by Gasteiger charge is -2.36. The van der Waals surface area contributed by atoms with Crippen LogP contribution in [0, 0.1) is 17.3 Å². The average molecular weight is 294 g/mol. The fourth-order valence-corrected chi connectivity index (χ4v) is 3.15. The summed E-state index contributed by atoms with van der Waals surface area (Å²) in [6, 6.07) is 0. The van der Waals surface area contributed by atoms with Crippen molar-refractivity contribution in [2.75, 3.05) is 0 Å². The topological polar surface area (TPSA) is 59.2 Å². The number of aliphatic hydroxyl groups is 1. The zero-order valence-corrected chi connectivity index (χ0v) is 14.1. The highest BCUT2D eigenvalue weighted by Crippen LogP contribution is 2.42. The minimum atomic E-state index is -0.407. The quantitative estimate of drug-likeness (QED) is 0.913. The molecule has 1 fully saturated rings. The molecule has 0 amide bonds. The van der Waals surface area contributed by atoms with Gasteiger partial charge in [0.25, 0.3) is 0 Å². The normalized spacial score (nSPS) is 25.3. The smallest absolute Gasteiger partial charge is 0.229 e. The van der Waals surface area contributed by atoms with Gasteiger partial charge in [-0.2, -0.15) is 4.98 Å². The molecule has 1 aliphatic carbocycles. The van der Waals surface area contributed by atoms with E-state index in [0.29, 0.717) is 23.6 Å². The maximum Gasteiger partial charge on any atom is 0.229 e. The van der Waals surface area contributed by atoms with Crippen molar-refractivity contribution < 1.29 is 9.63 Å². The van der Waals surface area contributed by atoms with Crippen molar-refractivity contribution in [3.63, 3.8) is 0 Å². The molecule has 2 rings (SSSR count). The second kappa shape index (κ2) is 6.47. The minimum Gasteiger partial charge on any atom is -0.392 e. The van der Waals surface area contributed by atoms with Crippen LogP contribution < -0.4 is 0 Å². The van der Waals surface area contributed by atoms with E-state index in [4.69, 9.17) is 4.52 Å². The van der Waals surface area contributed by atoms with Crippen LogP contribution >= 0.6 is 0 Å². The Morgan fingerprint density at radius 1 is 1.19 bits per heavy atom. The Morgan fingerprint density at radius 3 is 2.33 bits per heavy atom. The predicted molar refractivity (Wildman–Crippen MR) is 83.0 cm³/mol. The van der Waals surface area contributed by atoms with Crippen LogP contribution in [0.5, 0.6) is 0 Å². The largest absolute Gasteiger partial charge is 0.392 e. The van der Waals surface area contributed by atoms with Gasteiger partial charge in [0.15, 0.2) is 5.82 Å². The van der Waals surface area contributed by atoms with E-state index in [-0.39, 0.29) is 5.92 Å². The molecule has 1 aliphatic rings. The predicted octanol–water partition coefficient (Wildman–Crippen LogP) is 3.95. The van der Waals surface area contributed by atoms with Crippen LogP contribution in [0.3, 0.4) is 0 Å². The van der Waals surface area contributed by atoms with Crippen molar-refractivity contribution in [1.82, 2.24) is 10.1 Å². The van der Waals surface area contributed by atoms with Gasteiger partial charge in [-0.3, -0.25) is 0 Å². The van der Waals surface area contributed by atoms with Crippen LogP contribution in [-0.2, 0) is 6.42 Å². The molecule has 1 saturated carbocycles. The molecule has 0 bridgehead atoms. The van der Waals surface area contributed by atoms with Crippen molar-refractivity contribution >= 4 is 0 Å². The summed E-state index contributed by atoms with van der Waals surface area (Å²) in [6.45, 7) is 11.0. The summed E-state index contributed by atoms with van der Waals surface area (Å²) >= 11 is 0. The Kier molecular flexibility index (Phi) is 5.07. The van der Waals surface area contributed by atoms with Crippen molar-refractivity contribution in [2.45, 2.75) is 78.7 Å². The van der Waals surface area contributed by atoms with Crippen molar-refractivity contribution in [3.8, 4) is 0 Å². The van der Waals surface area contributed by atoms with E-state index in [9.17, 15) is 5.11 Å². The first kappa shape index (κ1) is 16.5. The molecule has 1 atom stereocenters. The monoisotopic (exact) mass is 294 g/mol. The van der Waals surface area contributed by atoms with Gasteiger partial charge < -0.3 is 9.63 Å². The third kappa shape index (κ3) is 4.29. The van der Waals surface area contributed by atoms with Crippen LogP contribution in [0.4, 0.5) is 0 Å². The Labute approximate surface area is 128 Å². The molecule has 0 spiro atoms. The Morgan fingerprint density at radius 2 is 1.81 bits per heavy atom. The molecule has 0 aromatic carbocycles. The highest BCUT2D eigenvalue weighted by atomic mass is 16.5. The van der Waals surface area contributed by atoms with Gasteiger partial charge in [0.1, 0.15) is 0 Å². The number of hydrogen-bond acceptors (Lipinski definition) is 4. The second-order valence-electron chi connectivity index (χ2n) is 7.98. The first-order valence-electron chi connectivity index (χ1n) is 8.28. The second-order valence-corrected chi connectivity index (χ2v) is 7.98. The zero-order valence-electron chi connectivity index (χ0n) is 14.1. The molecule has 1 heterocycles. The summed E-state index contributed by atoms with van der Waals surface area (Å²) in [5.74, 6) is 2.85. The molecule has 1 aromatic rings. The minimum absolute atomic E-state index is 0.211. The highest BCUT2D eigenvalue weighted by Gasteiger charge is 2.32. The Hall–Kier alpha value is -0.900. The maximum atomic E-state index is 9.90. The van der Waals surface area contributed by atoms with E-state index in [1.165, 1.54) is 12.8 Å². The van der Waals surface area contributed by atoms with Gasteiger partial charge in [0, 0.05) is 5.92 Å². The zero-order chi connectivity index (χ0) is 15.6. The lowest BCUT2D eigenvalue weighted by Crippen LogP contribution is -2.25. The molecule has 0 radical (unpaired) electrons. The average Bonchev–Trinajstić information content (AvgIpc) is 2.86. The fraction of sp³-hybridized carbons (Fsp3) is 0.882. The summed E-state index contributed by atoms with van der Waals surface area (Å²) in [7, 11) is 0. The fourth-order valence-electron chi connectivity index (χ4n) is 3.15. The van der Waals surface area contributed by atoms with Crippen LogP contribution in [0.1, 0.15) is 77.9 Å². The molecule has 1 unspecified atom stereocenters. The Bertz CT molecular complexity index is 440. The number of hydrogen-bond donors (Lipinski definition) is 1. The van der Waals surface area contributed by atoms with Crippen LogP contribution in [0.25, 0.3) is 0 Å². The summed E-state index contributed by atoms with van der Waals surface area (Å²) in [6.07, 6.45) is 4.83. The molecule has 0 aliphatic heterocycles. The molecule has 1 aromatic heterocycles. The number of aromatic nitrogens is 2. The first-order valence-corrected chi connectivity index (χ1v) is 8.28. The summed E-state index contributed by atoms with van der Waals surface area (Å²) in [4.78, 5) is 4.51. The van der Waals surface area contributed by atoms with E-state index < -0.39 is 6.10 Å². The van der Waals surface area contributed by atoms with Crippen molar-refractivity contribution in [3.05, 3.63) is 11.7 Å². The van der Waals surface area contributed by atoms with Gasteiger partial charge in [-0.1, -0.05) is 39.8 Å². The van der Waals surface area contributed by atoms with Crippen LogP contribution in [0.15, 0.2) is 4.52 Å². The third-order valence-corrected chi connectivity index (χ3v) is 4.95. The van der Waals surface area contributed by atoms with Gasteiger partial charge in [-0.05, 0) is 42.9 Å². The van der Waals surface area contributed by atoms with E-state index in [2.05, 4.69) is 30.9 Å². The van der Waals surface area contributed by atoms with E-state index >= 15 is 0 Å². The first-order chi connectivity index (χ1) is 9.77. The summed E-state index contributed by atoms with van der Waals surface area (Å²) in [5.41, 5.74) is 0.398. The van der Waals surface area contributed by atoms with Crippen LogP contribution in [-0.4, -0.2) is 21.4 Å². The molecule has 0 saturated heterocycles. The van der Waals surface area contributed by atoms with Gasteiger partial charge >= 0.3 is 0 Å². The standard InChI is InChI=1S/C17H30N2O2/c1-11(2)14(20)10-15-18-16(19-21-15)12-6-8-13(9-7-12)17(3,4)5/h11-14,20H,6-10H2,1-5H3. The van der Waals surface area contributed by atoms with Gasteiger partial charge in [-0.15, -0.1) is 0 Å². The molecule has 4 nitrogen and oxygen atoms in total. The summed E-state index contributed by atoms with van der Waals surface area (Å²) < 4.78 is 5.31. The van der Waals surface area contributed by atoms with Gasteiger partial charge in [0.2, 0.25) is 5.89 Å². The SMILES string of the molecule is CC(C)C(O)Cc1nc(C2CCC(C(C)(C)C)CC2)no1. The van der Waals surface area contributed by atoms with Crippen LogP contribution in [0.2, 0.25) is 0 Å². The van der Waals surface area contributed by atoms with Gasteiger partial charge in [0.05, 0.1) is 12.5 Å². The molecular formula is C17H30N2O2. The van der Waals surface area contributed by atoms with E-state index in [0.717, 1.165) is 24.6 Å². The van der Waals surface area contributed by atoms with Gasteiger partial charge in [-0.25, -0.2) is 0 Å². The van der Waals surface area contributed by atoms with Crippen molar-refractivity contribution in [1.29, 1.82) is 0 Å². The number of rotatable bonds is 4. The van der Waals surface area contributed by atoms with E-state index in [1.54, 1.807) is 0 Å². The Balaban J connectivity index is 1.91. The lowest BCUT2D eigenvalue weighted by atomic mass is 9.70. The third-order valence-electron chi connectivity index (χ3n) is 4.95. The molecule has 1 N–H and O–H groups in total. The molecule has 4 heteroatoms. The molecule has 120 valence electrons. The summed E-state index contributed by atoms with van der Waals surface area (Å²) in [5, 5.41) is 14.0. The molecular weight excluding hydrogens is 264 g/mol. The van der Waals surface area contributed by atoms with E-state index in [1.807, 2.05) is 13.8 Å². The lowest BCUT2D eigenvalue weighted by molar-refractivity contribution is 0.116. The van der Waals surface area contributed by atoms with Crippen molar-refractivity contribution in [2.24, 2.45) is 17.3 Å². The number of aliphatic hydroxyl groups excluding tert-OH is 1. The number of nitrogens with zero attached hydrogens (tertiary/aromatic N) is 2.